The molecule has 2 fully saturated rings. The molecule has 0 radical (unpaired) electrons. The van der Waals surface area contributed by atoms with Crippen LogP contribution in [0.4, 0.5) is 5.69 Å². The summed E-state index contributed by atoms with van der Waals surface area (Å²) in [4.78, 5) is 24.5. The summed E-state index contributed by atoms with van der Waals surface area (Å²) in [5.74, 6) is -0.851. The van der Waals surface area contributed by atoms with E-state index in [2.05, 4.69) is 5.32 Å². The van der Waals surface area contributed by atoms with E-state index in [9.17, 15) is 18.0 Å². The highest BCUT2D eigenvalue weighted by Crippen LogP contribution is 2.26. The quantitative estimate of drug-likeness (QED) is 0.731. The largest absolute Gasteiger partial charge is 0.452 e. The second-order valence-corrected chi connectivity index (χ2v) is 9.48. The summed E-state index contributed by atoms with van der Waals surface area (Å²) in [5.41, 5.74) is 0.464. The van der Waals surface area contributed by atoms with Gasteiger partial charge < -0.3 is 10.1 Å². The van der Waals surface area contributed by atoms with Crippen LogP contribution >= 0.6 is 0 Å². The van der Waals surface area contributed by atoms with Gasteiger partial charge in [0.2, 0.25) is 10.0 Å². The molecular weight excluding hydrogens is 380 g/mol. The molecule has 28 heavy (non-hydrogen) atoms. The first kappa shape index (κ1) is 20.8. The van der Waals surface area contributed by atoms with Gasteiger partial charge in [-0.05, 0) is 56.9 Å². The topological polar surface area (TPSA) is 92.8 Å². The van der Waals surface area contributed by atoms with E-state index in [1.807, 2.05) is 0 Å². The molecule has 154 valence electrons. The zero-order chi connectivity index (χ0) is 20.1. The number of anilines is 1. The number of rotatable bonds is 6. The van der Waals surface area contributed by atoms with Crippen LogP contribution in [0, 0.1) is 5.92 Å². The Balaban J connectivity index is 1.57. The second kappa shape index (κ2) is 9.05. The number of carbonyl (C=O) groups excluding carboxylic acids is 2. The summed E-state index contributed by atoms with van der Waals surface area (Å²) >= 11 is 0. The number of carbonyl (C=O) groups is 2. The van der Waals surface area contributed by atoms with E-state index in [1.165, 1.54) is 23.4 Å². The predicted octanol–water partition coefficient (Wildman–Crippen LogP) is 2.92. The third-order valence-corrected chi connectivity index (χ3v) is 7.34. The van der Waals surface area contributed by atoms with E-state index in [4.69, 9.17) is 4.74 Å². The minimum absolute atomic E-state index is 0.102. The normalized spacial score (nSPS) is 19.9. The van der Waals surface area contributed by atoms with Crippen LogP contribution in [0.15, 0.2) is 29.2 Å². The number of benzene rings is 1. The highest BCUT2D eigenvalue weighted by atomic mass is 32.2. The van der Waals surface area contributed by atoms with Crippen LogP contribution < -0.4 is 5.32 Å². The zero-order valence-corrected chi connectivity index (χ0v) is 17.0. The highest BCUT2D eigenvalue weighted by molar-refractivity contribution is 7.89. The third kappa shape index (κ3) is 4.91. The van der Waals surface area contributed by atoms with Gasteiger partial charge in [0.15, 0.2) is 6.10 Å². The molecule has 2 aliphatic rings. The first-order chi connectivity index (χ1) is 13.4. The first-order valence-electron chi connectivity index (χ1n) is 9.99. The predicted molar refractivity (Wildman–Crippen MR) is 105 cm³/mol. The summed E-state index contributed by atoms with van der Waals surface area (Å²) in [6.45, 7) is 2.63. The number of nitrogens with zero attached hydrogens (tertiary/aromatic N) is 1. The second-order valence-electron chi connectivity index (χ2n) is 7.54. The van der Waals surface area contributed by atoms with Crippen LogP contribution in [0.25, 0.3) is 0 Å². The van der Waals surface area contributed by atoms with E-state index in [1.54, 1.807) is 12.1 Å². The molecule has 1 unspecified atom stereocenters. The third-order valence-electron chi connectivity index (χ3n) is 5.43. The lowest BCUT2D eigenvalue weighted by Gasteiger charge is -2.25. The molecule has 3 rings (SSSR count). The monoisotopic (exact) mass is 408 g/mol. The Labute approximate surface area is 166 Å². The van der Waals surface area contributed by atoms with Crippen molar-refractivity contribution in [1.29, 1.82) is 0 Å². The zero-order valence-electron chi connectivity index (χ0n) is 16.2. The Morgan fingerprint density at radius 2 is 1.64 bits per heavy atom. The van der Waals surface area contributed by atoms with Crippen molar-refractivity contribution in [3.8, 4) is 0 Å². The highest BCUT2D eigenvalue weighted by Gasteiger charge is 2.28. The molecule has 1 saturated carbocycles. The fourth-order valence-electron chi connectivity index (χ4n) is 3.69. The Morgan fingerprint density at radius 3 is 2.25 bits per heavy atom. The Bertz CT molecular complexity index is 794. The van der Waals surface area contributed by atoms with Crippen LogP contribution in [0.3, 0.4) is 0 Å². The van der Waals surface area contributed by atoms with Crippen molar-refractivity contribution >= 4 is 27.6 Å². The molecule has 1 N–H and O–H groups in total. The van der Waals surface area contributed by atoms with Gasteiger partial charge in [0.1, 0.15) is 0 Å². The maximum Gasteiger partial charge on any atom is 0.309 e. The average molecular weight is 409 g/mol. The van der Waals surface area contributed by atoms with Crippen molar-refractivity contribution in [2.75, 3.05) is 18.4 Å². The Morgan fingerprint density at radius 1 is 1.04 bits per heavy atom. The average Bonchev–Trinajstić information content (AvgIpc) is 3.24. The number of amides is 1. The minimum atomic E-state index is -3.50. The van der Waals surface area contributed by atoms with Gasteiger partial charge >= 0.3 is 5.97 Å². The number of piperidine rings is 1. The van der Waals surface area contributed by atoms with Crippen molar-refractivity contribution < 1.29 is 22.7 Å². The number of hydrogen-bond donors (Lipinski definition) is 1. The van der Waals surface area contributed by atoms with Gasteiger partial charge in [-0.1, -0.05) is 19.3 Å². The summed E-state index contributed by atoms with van der Waals surface area (Å²) in [6, 6.07) is 6.10. The molecule has 0 bridgehead atoms. The van der Waals surface area contributed by atoms with Crippen molar-refractivity contribution in [3.63, 3.8) is 0 Å². The van der Waals surface area contributed by atoms with Crippen LogP contribution in [-0.2, 0) is 24.3 Å². The van der Waals surface area contributed by atoms with E-state index in [0.717, 1.165) is 44.9 Å². The summed E-state index contributed by atoms with van der Waals surface area (Å²) in [6.07, 6.45) is 5.60. The number of esters is 1. The fraction of sp³-hybridized carbons (Fsp3) is 0.600. The number of sulfonamides is 1. The van der Waals surface area contributed by atoms with Crippen molar-refractivity contribution in [1.82, 2.24) is 4.31 Å². The lowest BCUT2D eigenvalue weighted by atomic mass is 10.1. The maximum atomic E-state index is 12.7. The first-order valence-corrected chi connectivity index (χ1v) is 11.4. The Hall–Kier alpha value is -1.93. The molecule has 7 nitrogen and oxygen atoms in total. The van der Waals surface area contributed by atoms with Gasteiger partial charge in [0.05, 0.1) is 10.8 Å². The molecule has 1 aliphatic heterocycles. The minimum Gasteiger partial charge on any atom is -0.452 e. The standard InChI is InChI=1S/C20H28N2O5S/c1-15(27-20(24)16-7-3-4-8-16)19(23)21-17-9-11-18(12-10-17)28(25,26)22-13-5-2-6-14-22/h9-12,15-16H,2-8,13-14H2,1H3,(H,21,23). The molecule has 1 aliphatic carbocycles. The molecule has 1 heterocycles. The lowest BCUT2D eigenvalue weighted by Crippen LogP contribution is -2.35. The Kier molecular flexibility index (Phi) is 6.72. The molecule has 8 heteroatoms. The lowest BCUT2D eigenvalue weighted by molar-refractivity contribution is -0.157. The molecule has 1 aromatic carbocycles. The van der Waals surface area contributed by atoms with Crippen molar-refractivity contribution in [2.45, 2.75) is 62.9 Å². The maximum absolute atomic E-state index is 12.7. The fourth-order valence-corrected chi connectivity index (χ4v) is 5.21. The number of ether oxygens (including phenoxy) is 1. The van der Waals surface area contributed by atoms with Crippen LogP contribution in [0.1, 0.15) is 51.9 Å². The molecule has 1 amide bonds. The van der Waals surface area contributed by atoms with Gasteiger partial charge in [-0.25, -0.2) is 8.42 Å². The van der Waals surface area contributed by atoms with Crippen LogP contribution in [0.5, 0.6) is 0 Å². The van der Waals surface area contributed by atoms with Gasteiger partial charge in [-0.15, -0.1) is 0 Å². The summed E-state index contributed by atoms with van der Waals surface area (Å²) in [7, 11) is -3.50. The molecule has 1 atom stereocenters. The summed E-state index contributed by atoms with van der Waals surface area (Å²) in [5, 5.41) is 2.67. The van der Waals surface area contributed by atoms with Gasteiger partial charge in [0.25, 0.3) is 5.91 Å². The van der Waals surface area contributed by atoms with Gasteiger partial charge in [-0.2, -0.15) is 4.31 Å². The molecule has 1 saturated heterocycles. The molecule has 0 aromatic heterocycles. The van der Waals surface area contributed by atoms with E-state index in [0.29, 0.717) is 18.8 Å². The molecular formula is C20H28N2O5S. The van der Waals surface area contributed by atoms with Crippen LogP contribution in [-0.4, -0.2) is 43.8 Å². The molecule has 1 aromatic rings. The van der Waals surface area contributed by atoms with Gasteiger partial charge in [0, 0.05) is 18.8 Å². The smallest absolute Gasteiger partial charge is 0.309 e. The van der Waals surface area contributed by atoms with Crippen molar-refractivity contribution in [3.05, 3.63) is 24.3 Å². The SMILES string of the molecule is CC(OC(=O)C1CCCC1)C(=O)Nc1ccc(S(=O)(=O)N2CCCCC2)cc1. The number of hydrogen-bond acceptors (Lipinski definition) is 5. The van der Waals surface area contributed by atoms with E-state index in [-0.39, 0.29) is 16.8 Å². The van der Waals surface area contributed by atoms with Crippen LogP contribution in [0.2, 0.25) is 0 Å². The number of nitrogens with one attached hydrogen (secondary N) is 1. The molecule has 0 spiro atoms. The van der Waals surface area contributed by atoms with E-state index >= 15 is 0 Å². The summed E-state index contributed by atoms with van der Waals surface area (Å²) < 4.78 is 32.1. The van der Waals surface area contributed by atoms with Crippen molar-refractivity contribution in [2.24, 2.45) is 5.92 Å². The van der Waals surface area contributed by atoms with Gasteiger partial charge in [-0.3, -0.25) is 9.59 Å². The van der Waals surface area contributed by atoms with E-state index < -0.39 is 22.0 Å².